The summed E-state index contributed by atoms with van der Waals surface area (Å²) in [6.45, 7) is 1.83. The molecule has 0 saturated heterocycles. The van der Waals surface area contributed by atoms with Gasteiger partial charge >= 0.3 is 0 Å². The van der Waals surface area contributed by atoms with Crippen molar-refractivity contribution in [1.29, 1.82) is 0 Å². The second kappa shape index (κ2) is 3.76. The largest absolute Gasteiger partial charge is 0.393 e. The van der Waals surface area contributed by atoms with Crippen LogP contribution in [0.15, 0.2) is 5.38 Å². The van der Waals surface area contributed by atoms with Gasteiger partial charge in [-0.05, 0) is 32.6 Å². The highest BCUT2D eigenvalue weighted by Gasteiger charge is 2.26. The molecule has 0 spiro atoms. The lowest BCUT2D eigenvalue weighted by molar-refractivity contribution is 0.184. The molecule has 1 atom stereocenters. The number of rotatable bonds is 4. The van der Waals surface area contributed by atoms with Crippen LogP contribution in [0.1, 0.15) is 42.8 Å². The van der Waals surface area contributed by atoms with Gasteiger partial charge in [0.05, 0.1) is 16.8 Å². The van der Waals surface area contributed by atoms with Crippen molar-refractivity contribution >= 4 is 11.3 Å². The third kappa shape index (κ3) is 2.51. The van der Waals surface area contributed by atoms with Crippen molar-refractivity contribution in [3.8, 4) is 0 Å². The number of aliphatic hydroxyl groups is 1. The van der Waals surface area contributed by atoms with Gasteiger partial charge in [0.15, 0.2) is 0 Å². The molecule has 1 heterocycles. The fourth-order valence-electron chi connectivity index (χ4n) is 1.31. The summed E-state index contributed by atoms with van der Waals surface area (Å²) >= 11 is 1.78. The lowest BCUT2D eigenvalue weighted by atomic mass is 10.2. The molecule has 72 valence electrons. The minimum absolute atomic E-state index is 0.203. The monoisotopic (exact) mass is 197 g/mol. The van der Waals surface area contributed by atoms with E-state index in [1.807, 2.05) is 6.92 Å². The van der Waals surface area contributed by atoms with Gasteiger partial charge in [-0.25, -0.2) is 4.98 Å². The van der Waals surface area contributed by atoms with Crippen LogP contribution in [0.25, 0.3) is 0 Å². The molecule has 0 aromatic carbocycles. The molecule has 1 N–H and O–H groups in total. The number of hydrogen-bond acceptors (Lipinski definition) is 3. The van der Waals surface area contributed by atoms with Gasteiger partial charge < -0.3 is 5.11 Å². The van der Waals surface area contributed by atoms with Gasteiger partial charge in [-0.3, -0.25) is 0 Å². The minimum Gasteiger partial charge on any atom is -0.393 e. The Balaban J connectivity index is 1.89. The van der Waals surface area contributed by atoms with E-state index in [1.54, 1.807) is 11.3 Å². The number of thiazole rings is 1. The summed E-state index contributed by atoms with van der Waals surface area (Å²) in [5, 5.41) is 12.6. The topological polar surface area (TPSA) is 33.1 Å². The molecule has 0 amide bonds. The van der Waals surface area contributed by atoms with E-state index in [0.29, 0.717) is 0 Å². The Kier molecular flexibility index (Phi) is 2.65. The van der Waals surface area contributed by atoms with E-state index in [9.17, 15) is 0 Å². The standard InChI is InChI=1S/C10H15NOS/c1-7(12)2-5-9-6-13-10(11-9)8-3-4-8/h6-8,12H,2-5H2,1H3. The van der Waals surface area contributed by atoms with Crippen molar-refractivity contribution in [1.82, 2.24) is 4.98 Å². The average Bonchev–Trinajstić information content (AvgIpc) is 2.83. The van der Waals surface area contributed by atoms with E-state index in [1.165, 1.54) is 17.8 Å². The molecule has 1 fully saturated rings. The van der Waals surface area contributed by atoms with Crippen LogP contribution in [-0.2, 0) is 6.42 Å². The maximum Gasteiger partial charge on any atom is 0.0959 e. The van der Waals surface area contributed by atoms with Crippen molar-refractivity contribution < 1.29 is 5.11 Å². The van der Waals surface area contributed by atoms with E-state index >= 15 is 0 Å². The molecule has 0 aliphatic heterocycles. The highest BCUT2D eigenvalue weighted by Crippen LogP contribution is 2.41. The van der Waals surface area contributed by atoms with Gasteiger partial charge in [0.1, 0.15) is 0 Å². The summed E-state index contributed by atoms with van der Waals surface area (Å²) in [6, 6.07) is 0. The molecule has 3 heteroatoms. The van der Waals surface area contributed by atoms with Crippen LogP contribution in [0.4, 0.5) is 0 Å². The highest BCUT2D eigenvalue weighted by molar-refractivity contribution is 7.09. The summed E-state index contributed by atoms with van der Waals surface area (Å²) in [5.74, 6) is 0.769. The normalized spacial score (nSPS) is 18.9. The zero-order valence-corrected chi connectivity index (χ0v) is 8.68. The van der Waals surface area contributed by atoms with E-state index in [0.717, 1.165) is 24.5 Å². The van der Waals surface area contributed by atoms with Crippen LogP contribution in [-0.4, -0.2) is 16.2 Å². The second-order valence-corrected chi connectivity index (χ2v) is 4.73. The number of aryl methyl sites for hydroxylation is 1. The van der Waals surface area contributed by atoms with Gasteiger partial charge in [0, 0.05) is 11.3 Å². The zero-order valence-electron chi connectivity index (χ0n) is 7.86. The van der Waals surface area contributed by atoms with Crippen LogP contribution >= 0.6 is 11.3 Å². The first kappa shape index (κ1) is 9.16. The lowest BCUT2D eigenvalue weighted by Gasteiger charge is -1.99. The first-order valence-electron chi connectivity index (χ1n) is 4.88. The Morgan fingerprint density at radius 3 is 3.08 bits per heavy atom. The maximum absolute atomic E-state index is 9.12. The molecular weight excluding hydrogens is 182 g/mol. The summed E-state index contributed by atoms with van der Waals surface area (Å²) < 4.78 is 0. The van der Waals surface area contributed by atoms with Crippen LogP contribution in [0, 0.1) is 0 Å². The first-order valence-corrected chi connectivity index (χ1v) is 5.76. The fraction of sp³-hybridized carbons (Fsp3) is 0.700. The number of aromatic nitrogens is 1. The Bertz CT molecular complexity index is 278. The SMILES string of the molecule is CC(O)CCc1csc(C2CC2)n1. The van der Waals surface area contributed by atoms with Crippen molar-refractivity contribution in [2.45, 2.75) is 44.6 Å². The Morgan fingerprint density at radius 1 is 1.69 bits per heavy atom. The Hall–Kier alpha value is -0.410. The number of aliphatic hydroxyl groups excluding tert-OH is 1. The Morgan fingerprint density at radius 2 is 2.46 bits per heavy atom. The third-order valence-electron chi connectivity index (χ3n) is 2.31. The van der Waals surface area contributed by atoms with E-state index in [2.05, 4.69) is 10.4 Å². The van der Waals surface area contributed by atoms with Crippen LogP contribution in [0.2, 0.25) is 0 Å². The van der Waals surface area contributed by atoms with E-state index in [4.69, 9.17) is 5.11 Å². The molecule has 2 rings (SSSR count). The fourth-order valence-corrected chi connectivity index (χ4v) is 2.34. The van der Waals surface area contributed by atoms with Gasteiger partial charge in [0.25, 0.3) is 0 Å². The van der Waals surface area contributed by atoms with Crippen molar-refractivity contribution in [2.24, 2.45) is 0 Å². The zero-order chi connectivity index (χ0) is 9.26. The molecule has 0 bridgehead atoms. The summed E-state index contributed by atoms with van der Waals surface area (Å²) in [5.41, 5.74) is 1.16. The second-order valence-electron chi connectivity index (χ2n) is 3.84. The molecule has 1 saturated carbocycles. The molecule has 1 unspecified atom stereocenters. The Labute approximate surface area is 82.6 Å². The minimum atomic E-state index is -0.203. The maximum atomic E-state index is 9.12. The molecular formula is C10H15NOS. The van der Waals surface area contributed by atoms with E-state index in [-0.39, 0.29) is 6.10 Å². The van der Waals surface area contributed by atoms with Crippen molar-refractivity contribution in [2.75, 3.05) is 0 Å². The lowest BCUT2D eigenvalue weighted by Crippen LogP contribution is -2.01. The smallest absolute Gasteiger partial charge is 0.0959 e. The van der Waals surface area contributed by atoms with Crippen LogP contribution in [0.5, 0.6) is 0 Å². The van der Waals surface area contributed by atoms with Gasteiger partial charge in [-0.1, -0.05) is 0 Å². The highest BCUT2D eigenvalue weighted by atomic mass is 32.1. The first-order chi connectivity index (χ1) is 6.25. The van der Waals surface area contributed by atoms with Gasteiger partial charge in [-0.2, -0.15) is 0 Å². The summed E-state index contributed by atoms with van der Waals surface area (Å²) in [6.07, 6.45) is 4.19. The third-order valence-corrected chi connectivity index (χ3v) is 3.37. The molecule has 1 aromatic heterocycles. The van der Waals surface area contributed by atoms with E-state index < -0.39 is 0 Å². The van der Waals surface area contributed by atoms with Crippen molar-refractivity contribution in [3.05, 3.63) is 16.1 Å². The molecule has 13 heavy (non-hydrogen) atoms. The molecule has 2 nitrogen and oxygen atoms in total. The molecule has 1 aliphatic rings. The van der Waals surface area contributed by atoms with Crippen LogP contribution < -0.4 is 0 Å². The number of hydrogen-bond donors (Lipinski definition) is 1. The summed E-state index contributed by atoms with van der Waals surface area (Å²) in [7, 11) is 0. The van der Waals surface area contributed by atoms with Crippen molar-refractivity contribution in [3.63, 3.8) is 0 Å². The molecule has 1 aliphatic carbocycles. The molecule has 0 radical (unpaired) electrons. The molecule has 1 aromatic rings. The number of nitrogens with zero attached hydrogens (tertiary/aromatic N) is 1. The predicted molar refractivity (Wildman–Crippen MR) is 54.1 cm³/mol. The van der Waals surface area contributed by atoms with Gasteiger partial charge in [-0.15, -0.1) is 11.3 Å². The predicted octanol–water partition coefficient (Wildman–Crippen LogP) is 2.33. The van der Waals surface area contributed by atoms with Gasteiger partial charge in [0.2, 0.25) is 0 Å². The average molecular weight is 197 g/mol. The van der Waals surface area contributed by atoms with Crippen LogP contribution in [0.3, 0.4) is 0 Å². The summed E-state index contributed by atoms with van der Waals surface area (Å²) in [4.78, 5) is 4.55. The quantitative estimate of drug-likeness (QED) is 0.803.